The Balaban J connectivity index is 1.92. The predicted octanol–water partition coefficient (Wildman–Crippen LogP) is 4.31. The number of carbonyl (C=O) groups is 2. The van der Waals surface area contributed by atoms with Crippen molar-refractivity contribution in [3.05, 3.63) is 46.3 Å². The van der Waals surface area contributed by atoms with Crippen LogP contribution in [-0.4, -0.2) is 24.2 Å². The molecule has 1 N–H and O–H groups in total. The van der Waals surface area contributed by atoms with Crippen molar-refractivity contribution in [1.29, 1.82) is 0 Å². The van der Waals surface area contributed by atoms with Gasteiger partial charge in [0.25, 0.3) is 0 Å². The number of halogens is 1. The molecular formula is C15H14ClNO3S2. The molecule has 0 spiro atoms. The lowest BCUT2D eigenvalue weighted by Crippen LogP contribution is -2.15. The van der Waals surface area contributed by atoms with Crippen LogP contribution in [0.25, 0.3) is 0 Å². The SMILES string of the molecule is CCOC(=O)c1ccsc1NC(=O)CSc1cccc(Cl)c1. The molecule has 0 aliphatic heterocycles. The summed E-state index contributed by atoms with van der Waals surface area (Å²) in [6.45, 7) is 2.04. The fraction of sp³-hybridized carbons (Fsp3) is 0.200. The summed E-state index contributed by atoms with van der Waals surface area (Å²) in [5, 5.41) is 5.62. The van der Waals surface area contributed by atoms with Gasteiger partial charge in [-0.1, -0.05) is 17.7 Å². The van der Waals surface area contributed by atoms with Crippen LogP contribution in [0.2, 0.25) is 5.02 Å². The maximum atomic E-state index is 12.0. The molecule has 116 valence electrons. The summed E-state index contributed by atoms with van der Waals surface area (Å²) >= 11 is 8.57. The molecule has 7 heteroatoms. The summed E-state index contributed by atoms with van der Waals surface area (Å²) in [6, 6.07) is 8.94. The molecule has 0 radical (unpaired) electrons. The summed E-state index contributed by atoms with van der Waals surface area (Å²) < 4.78 is 4.95. The minimum Gasteiger partial charge on any atom is -0.462 e. The van der Waals surface area contributed by atoms with E-state index in [0.29, 0.717) is 22.2 Å². The second kappa shape index (κ2) is 8.22. The highest BCUT2D eigenvalue weighted by molar-refractivity contribution is 8.00. The van der Waals surface area contributed by atoms with Crippen LogP contribution in [0.3, 0.4) is 0 Å². The third-order valence-electron chi connectivity index (χ3n) is 2.58. The monoisotopic (exact) mass is 355 g/mol. The van der Waals surface area contributed by atoms with E-state index < -0.39 is 5.97 Å². The van der Waals surface area contributed by atoms with Crippen molar-refractivity contribution >= 4 is 51.6 Å². The van der Waals surface area contributed by atoms with Gasteiger partial charge < -0.3 is 10.1 Å². The molecular weight excluding hydrogens is 342 g/mol. The third-order valence-corrected chi connectivity index (χ3v) is 4.64. The largest absolute Gasteiger partial charge is 0.462 e. The minimum absolute atomic E-state index is 0.182. The van der Waals surface area contributed by atoms with Crippen LogP contribution in [0.5, 0.6) is 0 Å². The molecule has 0 bridgehead atoms. The number of ether oxygens (including phenoxy) is 1. The van der Waals surface area contributed by atoms with Crippen molar-refractivity contribution < 1.29 is 14.3 Å². The van der Waals surface area contributed by atoms with Crippen molar-refractivity contribution in [2.75, 3.05) is 17.7 Å². The van der Waals surface area contributed by atoms with Gasteiger partial charge in [-0.25, -0.2) is 4.79 Å². The van der Waals surface area contributed by atoms with E-state index in [1.54, 1.807) is 30.5 Å². The first-order valence-corrected chi connectivity index (χ1v) is 8.77. The second-order valence-corrected chi connectivity index (χ2v) is 6.58. The smallest absolute Gasteiger partial charge is 0.341 e. The summed E-state index contributed by atoms with van der Waals surface area (Å²) in [5.41, 5.74) is 0.382. The Morgan fingerprint density at radius 1 is 1.36 bits per heavy atom. The van der Waals surface area contributed by atoms with Crippen LogP contribution in [0.15, 0.2) is 40.6 Å². The molecule has 1 amide bonds. The van der Waals surface area contributed by atoms with Crippen molar-refractivity contribution in [1.82, 2.24) is 0 Å². The molecule has 2 rings (SSSR count). The number of amides is 1. The van der Waals surface area contributed by atoms with Gasteiger partial charge in [-0.05, 0) is 36.6 Å². The van der Waals surface area contributed by atoms with Gasteiger partial charge in [0.2, 0.25) is 5.91 Å². The van der Waals surface area contributed by atoms with Crippen molar-refractivity contribution in [2.24, 2.45) is 0 Å². The number of nitrogens with one attached hydrogen (secondary N) is 1. The molecule has 1 aromatic carbocycles. The first-order chi connectivity index (χ1) is 10.6. The zero-order valence-corrected chi connectivity index (χ0v) is 14.2. The fourth-order valence-electron chi connectivity index (χ4n) is 1.64. The molecule has 1 heterocycles. The van der Waals surface area contributed by atoms with Gasteiger partial charge in [-0.2, -0.15) is 0 Å². The summed E-state index contributed by atoms with van der Waals surface area (Å²) in [4.78, 5) is 24.6. The Bertz CT molecular complexity index is 672. The van der Waals surface area contributed by atoms with Gasteiger partial charge in [0.05, 0.1) is 17.9 Å². The Hall–Kier alpha value is -1.50. The molecule has 2 aromatic rings. The Morgan fingerprint density at radius 2 is 2.18 bits per heavy atom. The topological polar surface area (TPSA) is 55.4 Å². The van der Waals surface area contributed by atoms with Crippen LogP contribution in [-0.2, 0) is 9.53 Å². The highest BCUT2D eigenvalue weighted by atomic mass is 35.5. The summed E-state index contributed by atoms with van der Waals surface area (Å²) in [7, 11) is 0. The van der Waals surface area contributed by atoms with Crippen molar-refractivity contribution in [3.63, 3.8) is 0 Å². The van der Waals surface area contributed by atoms with Crippen molar-refractivity contribution in [2.45, 2.75) is 11.8 Å². The number of carbonyl (C=O) groups excluding carboxylic acids is 2. The number of anilines is 1. The first-order valence-electron chi connectivity index (χ1n) is 6.53. The van der Waals surface area contributed by atoms with Crippen molar-refractivity contribution in [3.8, 4) is 0 Å². The van der Waals surface area contributed by atoms with Crippen LogP contribution < -0.4 is 5.32 Å². The molecule has 4 nitrogen and oxygen atoms in total. The first kappa shape index (κ1) is 16.9. The quantitative estimate of drug-likeness (QED) is 0.619. The average Bonchev–Trinajstić information content (AvgIpc) is 2.94. The van der Waals surface area contributed by atoms with E-state index in [-0.39, 0.29) is 11.7 Å². The molecule has 0 atom stereocenters. The second-order valence-electron chi connectivity index (χ2n) is 4.18. The molecule has 0 aliphatic carbocycles. The Kier molecular flexibility index (Phi) is 6.30. The van der Waals surface area contributed by atoms with E-state index in [9.17, 15) is 9.59 Å². The van der Waals surface area contributed by atoms with Gasteiger partial charge in [-0.15, -0.1) is 23.1 Å². The van der Waals surface area contributed by atoms with Gasteiger partial charge >= 0.3 is 5.97 Å². The lowest BCUT2D eigenvalue weighted by Gasteiger charge is -2.06. The molecule has 22 heavy (non-hydrogen) atoms. The summed E-state index contributed by atoms with van der Waals surface area (Å²) in [5.74, 6) is -0.375. The number of thioether (sulfide) groups is 1. The van der Waals surface area contributed by atoms with Crippen LogP contribution in [0, 0.1) is 0 Å². The zero-order chi connectivity index (χ0) is 15.9. The Labute approximate surface area is 141 Å². The number of hydrogen-bond donors (Lipinski definition) is 1. The lowest BCUT2D eigenvalue weighted by atomic mass is 10.3. The van der Waals surface area contributed by atoms with E-state index in [2.05, 4.69) is 5.32 Å². The molecule has 1 aromatic heterocycles. The predicted molar refractivity (Wildman–Crippen MR) is 91.1 cm³/mol. The maximum absolute atomic E-state index is 12.0. The number of rotatable bonds is 6. The minimum atomic E-state index is -0.429. The third kappa shape index (κ3) is 4.76. The van der Waals surface area contributed by atoms with Crippen LogP contribution in [0.4, 0.5) is 5.00 Å². The zero-order valence-electron chi connectivity index (χ0n) is 11.8. The van der Waals surface area contributed by atoms with E-state index in [1.807, 2.05) is 12.1 Å². The maximum Gasteiger partial charge on any atom is 0.341 e. The van der Waals surface area contributed by atoms with Gasteiger partial charge in [-0.3, -0.25) is 4.79 Å². The number of hydrogen-bond acceptors (Lipinski definition) is 5. The Morgan fingerprint density at radius 3 is 2.91 bits per heavy atom. The molecule has 0 saturated carbocycles. The fourth-order valence-corrected chi connectivity index (χ4v) is 3.45. The molecule has 0 unspecified atom stereocenters. The van der Waals surface area contributed by atoms with Gasteiger partial charge in [0.1, 0.15) is 5.00 Å². The van der Waals surface area contributed by atoms with E-state index in [1.165, 1.54) is 23.1 Å². The number of esters is 1. The molecule has 0 saturated heterocycles. The van der Waals surface area contributed by atoms with E-state index >= 15 is 0 Å². The molecule has 0 aliphatic rings. The molecule has 0 fully saturated rings. The van der Waals surface area contributed by atoms with Gasteiger partial charge in [0, 0.05) is 9.92 Å². The highest BCUT2D eigenvalue weighted by Gasteiger charge is 2.16. The van der Waals surface area contributed by atoms with Crippen LogP contribution >= 0.6 is 34.7 Å². The number of thiophene rings is 1. The van der Waals surface area contributed by atoms with E-state index in [4.69, 9.17) is 16.3 Å². The summed E-state index contributed by atoms with van der Waals surface area (Å²) in [6.07, 6.45) is 0. The lowest BCUT2D eigenvalue weighted by molar-refractivity contribution is -0.113. The van der Waals surface area contributed by atoms with Crippen LogP contribution in [0.1, 0.15) is 17.3 Å². The van der Waals surface area contributed by atoms with Gasteiger partial charge in [0.15, 0.2) is 0 Å². The average molecular weight is 356 g/mol. The number of benzene rings is 1. The normalized spacial score (nSPS) is 10.3. The van der Waals surface area contributed by atoms with E-state index in [0.717, 1.165) is 4.90 Å². The highest BCUT2D eigenvalue weighted by Crippen LogP contribution is 2.25. The standard InChI is InChI=1S/C15H14ClNO3S2/c1-2-20-15(19)12-6-7-21-14(12)17-13(18)9-22-11-5-3-4-10(16)8-11/h3-8H,2,9H2,1H3,(H,17,18).